The van der Waals surface area contributed by atoms with Gasteiger partial charge in [-0.25, -0.2) is 4.99 Å². The minimum Gasteiger partial charge on any atom is -0.497 e. The van der Waals surface area contributed by atoms with Crippen molar-refractivity contribution in [1.29, 1.82) is 0 Å². The summed E-state index contributed by atoms with van der Waals surface area (Å²) in [5, 5.41) is 0.636. The number of allylic oxidation sites excluding steroid dienone is 1. The number of hydrogen-bond acceptors (Lipinski definition) is 6. The molecule has 7 rings (SSSR count). The maximum Gasteiger partial charge on any atom is 0.271 e. The third kappa shape index (κ3) is 5.52. The Bertz CT molecular complexity index is 2170. The van der Waals surface area contributed by atoms with E-state index in [4.69, 9.17) is 30.8 Å². The van der Waals surface area contributed by atoms with Crippen molar-refractivity contribution < 1.29 is 14.2 Å². The first kappa shape index (κ1) is 29.6. The van der Waals surface area contributed by atoms with Gasteiger partial charge in [0.1, 0.15) is 12.4 Å². The number of methoxy groups -OCH3 is 2. The second-order valence-electron chi connectivity index (χ2n) is 10.8. The van der Waals surface area contributed by atoms with Gasteiger partial charge in [0.2, 0.25) is 0 Å². The maximum absolute atomic E-state index is 14.2. The summed E-state index contributed by atoms with van der Waals surface area (Å²) in [6.45, 7) is 0.282. The molecule has 0 spiro atoms. The number of nitrogens with zero attached hydrogens (tertiary/aromatic N) is 2. The Labute approximate surface area is 277 Å². The van der Waals surface area contributed by atoms with Crippen molar-refractivity contribution in [2.75, 3.05) is 14.2 Å². The summed E-state index contributed by atoms with van der Waals surface area (Å²) in [5.74, 6) is 1.84. The smallest absolute Gasteiger partial charge is 0.271 e. The molecule has 0 fully saturated rings. The first-order valence-corrected chi connectivity index (χ1v) is 16.4. The fourth-order valence-electron chi connectivity index (χ4n) is 6.01. The lowest BCUT2D eigenvalue weighted by Gasteiger charge is -2.31. The van der Waals surface area contributed by atoms with Gasteiger partial charge in [0.25, 0.3) is 5.56 Å². The Balaban J connectivity index is 1.34. The number of aromatic nitrogens is 1. The SMILES string of the molecule is COc1cccc([C@H]2C3=C(N=c4s/c(=C/c5cc(Br)c(OCc6ccccc6Cl)c(OC)c5)c(=O)n42)c2ccccc2CC3)c1. The Morgan fingerprint density at radius 1 is 1.00 bits per heavy atom. The van der Waals surface area contributed by atoms with Crippen LogP contribution in [0.15, 0.2) is 105 Å². The van der Waals surface area contributed by atoms with Crippen LogP contribution in [0.1, 0.15) is 40.3 Å². The van der Waals surface area contributed by atoms with Crippen molar-refractivity contribution in [3.8, 4) is 17.2 Å². The molecule has 1 aromatic heterocycles. The first-order chi connectivity index (χ1) is 21.9. The van der Waals surface area contributed by atoms with Crippen LogP contribution >= 0.6 is 38.9 Å². The van der Waals surface area contributed by atoms with Gasteiger partial charge in [-0.1, -0.05) is 77.5 Å². The number of aryl methyl sites for hydroxylation is 1. The number of ether oxygens (including phenoxy) is 3. The van der Waals surface area contributed by atoms with E-state index in [1.165, 1.54) is 16.9 Å². The van der Waals surface area contributed by atoms with E-state index in [1.807, 2.05) is 71.3 Å². The van der Waals surface area contributed by atoms with E-state index >= 15 is 0 Å². The molecule has 9 heteroatoms. The first-order valence-electron chi connectivity index (χ1n) is 14.5. The van der Waals surface area contributed by atoms with Crippen LogP contribution in [0.4, 0.5) is 0 Å². The standard InChI is InChI=1S/C36H28BrClN2O4S/c1-42-25-11-7-10-23(19-25)33-27-15-14-22-8-3-5-12-26(22)32(27)39-36-40(33)35(41)31(45-36)18-21-16-28(37)34(30(17-21)43-2)44-20-24-9-4-6-13-29(24)38/h3-13,16-19,33H,14-15,20H2,1-2H3/b31-18+/t33-/m0/s1. The lowest BCUT2D eigenvalue weighted by molar-refractivity contribution is 0.282. The molecule has 0 saturated heterocycles. The molecule has 1 atom stereocenters. The zero-order valence-electron chi connectivity index (χ0n) is 24.6. The molecule has 4 aromatic carbocycles. The molecule has 45 heavy (non-hydrogen) atoms. The number of hydrogen-bond donors (Lipinski definition) is 0. The van der Waals surface area contributed by atoms with Gasteiger partial charge in [0, 0.05) is 16.1 Å². The summed E-state index contributed by atoms with van der Waals surface area (Å²) >= 11 is 11.4. The lowest BCUT2D eigenvalue weighted by Crippen LogP contribution is -2.38. The van der Waals surface area contributed by atoms with Gasteiger partial charge in [-0.2, -0.15) is 0 Å². The van der Waals surface area contributed by atoms with Crippen molar-refractivity contribution in [3.05, 3.63) is 148 Å². The van der Waals surface area contributed by atoms with Crippen LogP contribution in [-0.2, 0) is 13.0 Å². The highest BCUT2D eigenvalue weighted by Gasteiger charge is 2.32. The minimum absolute atomic E-state index is 0.0916. The maximum atomic E-state index is 14.2. The highest BCUT2D eigenvalue weighted by Crippen LogP contribution is 2.42. The zero-order chi connectivity index (χ0) is 31.1. The van der Waals surface area contributed by atoms with E-state index in [2.05, 4.69) is 40.2 Å². The molecule has 0 unspecified atom stereocenters. The molecule has 0 bridgehead atoms. The van der Waals surface area contributed by atoms with Crippen LogP contribution in [0.5, 0.6) is 17.2 Å². The van der Waals surface area contributed by atoms with Crippen LogP contribution in [0, 0.1) is 0 Å². The summed E-state index contributed by atoms with van der Waals surface area (Å²) in [7, 11) is 3.25. The van der Waals surface area contributed by atoms with Crippen molar-refractivity contribution in [3.63, 3.8) is 0 Å². The number of rotatable bonds is 7. The third-order valence-electron chi connectivity index (χ3n) is 8.16. The molecule has 0 radical (unpaired) electrons. The molecule has 1 aliphatic heterocycles. The largest absolute Gasteiger partial charge is 0.497 e. The number of halogens is 2. The Hall–Kier alpha value is -4.11. The topological polar surface area (TPSA) is 62.0 Å². The number of benzene rings is 4. The van der Waals surface area contributed by atoms with Crippen molar-refractivity contribution in [2.24, 2.45) is 4.99 Å². The van der Waals surface area contributed by atoms with Gasteiger partial charge in [-0.3, -0.25) is 9.36 Å². The normalized spacial score (nSPS) is 15.6. The average Bonchev–Trinajstić information content (AvgIpc) is 3.37. The third-order valence-corrected chi connectivity index (χ3v) is 10.1. The Kier molecular flexibility index (Phi) is 8.12. The van der Waals surface area contributed by atoms with E-state index < -0.39 is 0 Å². The molecule has 2 heterocycles. The molecule has 2 aliphatic rings. The van der Waals surface area contributed by atoms with Crippen LogP contribution in [-0.4, -0.2) is 18.8 Å². The van der Waals surface area contributed by atoms with Gasteiger partial charge in [-0.15, -0.1) is 0 Å². The monoisotopic (exact) mass is 698 g/mol. The average molecular weight is 700 g/mol. The molecular weight excluding hydrogens is 672 g/mol. The summed E-state index contributed by atoms with van der Waals surface area (Å²) in [4.78, 5) is 20.0. The second kappa shape index (κ2) is 12.4. The highest BCUT2D eigenvalue weighted by atomic mass is 79.9. The lowest BCUT2D eigenvalue weighted by atomic mass is 9.83. The molecule has 5 aromatic rings. The van der Waals surface area contributed by atoms with Crippen molar-refractivity contribution >= 4 is 50.6 Å². The quantitative estimate of drug-likeness (QED) is 0.179. The predicted molar refractivity (Wildman–Crippen MR) is 182 cm³/mol. The second-order valence-corrected chi connectivity index (χ2v) is 13.1. The summed E-state index contributed by atoms with van der Waals surface area (Å²) in [6.07, 6.45) is 3.60. The predicted octanol–water partition coefficient (Wildman–Crippen LogP) is 7.33. The molecule has 6 nitrogen and oxygen atoms in total. The van der Waals surface area contributed by atoms with Gasteiger partial charge in [-0.05, 0) is 87.4 Å². The summed E-state index contributed by atoms with van der Waals surface area (Å²) in [5.41, 5.74) is 7.07. The Morgan fingerprint density at radius 3 is 2.64 bits per heavy atom. The zero-order valence-corrected chi connectivity index (χ0v) is 27.7. The summed E-state index contributed by atoms with van der Waals surface area (Å²) < 4.78 is 20.5. The minimum atomic E-state index is -0.288. The van der Waals surface area contributed by atoms with E-state index in [9.17, 15) is 4.79 Å². The Morgan fingerprint density at radius 2 is 1.82 bits per heavy atom. The van der Waals surface area contributed by atoms with E-state index in [0.717, 1.165) is 52.1 Å². The number of fused-ring (bicyclic) bond motifs is 3. The molecule has 0 saturated carbocycles. The van der Waals surface area contributed by atoms with Gasteiger partial charge >= 0.3 is 0 Å². The van der Waals surface area contributed by atoms with Crippen molar-refractivity contribution in [1.82, 2.24) is 4.57 Å². The molecule has 226 valence electrons. The van der Waals surface area contributed by atoms with Gasteiger partial charge < -0.3 is 14.2 Å². The summed E-state index contributed by atoms with van der Waals surface area (Å²) in [6, 6.07) is 27.4. The molecule has 1 aliphatic carbocycles. The fraction of sp³-hybridized carbons (Fsp3) is 0.167. The van der Waals surface area contributed by atoms with Crippen LogP contribution in [0.2, 0.25) is 5.02 Å². The van der Waals surface area contributed by atoms with Crippen molar-refractivity contribution in [2.45, 2.75) is 25.5 Å². The molecular formula is C36H28BrClN2O4S. The van der Waals surface area contributed by atoms with Crippen LogP contribution < -0.4 is 29.1 Å². The number of thiazole rings is 1. The highest BCUT2D eigenvalue weighted by molar-refractivity contribution is 9.10. The van der Waals surface area contributed by atoms with Gasteiger partial charge in [0.15, 0.2) is 16.3 Å². The van der Waals surface area contributed by atoms with Gasteiger partial charge in [0.05, 0.1) is 35.0 Å². The molecule has 0 amide bonds. The van der Waals surface area contributed by atoms with E-state index in [0.29, 0.717) is 30.3 Å². The van der Waals surface area contributed by atoms with Crippen LogP contribution in [0.3, 0.4) is 0 Å². The van der Waals surface area contributed by atoms with E-state index in [-0.39, 0.29) is 18.2 Å². The van der Waals surface area contributed by atoms with Crippen LogP contribution in [0.25, 0.3) is 11.8 Å². The fourth-order valence-corrected chi connectivity index (χ4v) is 7.78. The molecule has 0 N–H and O–H groups in total. The van der Waals surface area contributed by atoms with E-state index in [1.54, 1.807) is 14.2 Å².